The summed E-state index contributed by atoms with van der Waals surface area (Å²) in [7, 11) is 0. The van der Waals surface area contributed by atoms with E-state index in [9.17, 15) is 4.79 Å². The van der Waals surface area contributed by atoms with Crippen LogP contribution < -0.4 is 5.73 Å². The molecule has 1 aliphatic rings. The maximum atomic E-state index is 13.7. The van der Waals surface area contributed by atoms with Crippen molar-refractivity contribution >= 4 is 17.2 Å². The van der Waals surface area contributed by atoms with Gasteiger partial charge in [-0.1, -0.05) is 49.2 Å². The number of carbonyl (C=O) groups excluding carboxylic acids is 1. The molecule has 8 heteroatoms. The van der Waals surface area contributed by atoms with E-state index in [1.54, 1.807) is 11.3 Å². The van der Waals surface area contributed by atoms with Gasteiger partial charge in [0.1, 0.15) is 5.01 Å². The van der Waals surface area contributed by atoms with Gasteiger partial charge < -0.3 is 15.1 Å². The van der Waals surface area contributed by atoms with Gasteiger partial charge >= 0.3 is 0 Å². The summed E-state index contributed by atoms with van der Waals surface area (Å²) < 4.78 is 6.02. The summed E-state index contributed by atoms with van der Waals surface area (Å²) >= 11 is 1.60. The second-order valence-electron chi connectivity index (χ2n) is 9.83. The van der Waals surface area contributed by atoms with E-state index in [2.05, 4.69) is 15.2 Å². The molecule has 36 heavy (non-hydrogen) atoms. The van der Waals surface area contributed by atoms with Crippen LogP contribution in [0.5, 0.6) is 0 Å². The van der Waals surface area contributed by atoms with E-state index in [-0.39, 0.29) is 11.9 Å². The quantitative estimate of drug-likeness (QED) is 0.342. The summed E-state index contributed by atoms with van der Waals surface area (Å²) in [5.41, 5.74) is 9.14. The number of thiazole rings is 1. The van der Waals surface area contributed by atoms with Crippen molar-refractivity contribution in [2.45, 2.75) is 64.1 Å². The minimum atomic E-state index is -0.814. The Kier molecular flexibility index (Phi) is 6.98. The molecule has 2 aromatic carbocycles. The molecule has 2 N–H and O–H groups in total. The first-order valence-corrected chi connectivity index (χ1v) is 13.3. The standard InChI is InChI=1S/C28H31N5O2S/c1-19-18-36-24(30-19)17-33(23-13-6-7-14-23)26(34)22-12-8-11-21(15-22)25-31-32-27(35-25)28(2,29)16-20-9-4-3-5-10-20/h3-5,8-12,15,18,23H,6-7,13-14,16-17,29H2,1-2H3. The Morgan fingerprint density at radius 2 is 1.92 bits per heavy atom. The van der Waals surface area contributed by atoms with Crippen molar-refractivity contribution in [3.05, 3.63) is 87.7 Å². The molecule has 4 aromatic rings. The van der Waals surface area contributed by atoms with Gasteiger partial charge in [0.05, 0.1) is 12.1 Å². The molecule has 5 rings (SSSR count). The van der Waals surface area contributed by atoms with Gasteiger partial charge in [-0.25, -0.2) is 4.98 Å². The fraction of sp³-hybridized carbons (Fsp3) is 0.357. The van der Waals surface area contributed by atoms with Crippen LogP contribution in [0.3, 0.4) is 0 Å². The average molecular weight is 502 g/mol. The molecule has 2 heterocycles. The molecule has 1 aliphatic carbocycles. The summed E-state index contributed by atoms with van der Waals surface area (Å²) in [5, 5.41) is 11.5. The minimum absolute atomic E-state index is 0.00378. The highest BCUT2D eigenvalue weighted by Crippen LogP contribution is 2.29. The molecule has 1 fully saturated rings. The van der Waals surface area contributed by atoms with Crippen LogP contribution in [0.25, 0.3) is 11.5 Å². The summed E-state index contributed by atoms with van der Waals surface area (Å²) in [5.74, 6) is 0.723. The first kappa shape index (κ1) is 24.3. The van der Waals surface area contributed by atoms with E-state index >= 15 is 0 Å². The third-order valence-corrected chi connectivity index (χ3v) is 7.63. The van der Waals surface area contributed by atoms with Crippen LogP contribution in [0.2, 0.25) is 0 Å². The van der Waals surface area contributed by atoms with Crippen molar-refractivity contribution in [2.75, 3.05) is 0 Å². The molecule has 7 nitrogen and oxygen atoms in total. The Balaban J connectivity index is 1.37. The third-order valence-electron chi connectivity index (χ3n) is 6.68. The minimum Gasteiger partial charge on any atom is -0.419 e. The van der Waals surface area contributed by atoms with Gasteiger partial charge in [-0.3, -0.25) is 4.79 Å². The Hall–Kier alpha value is -3.36. The molecule has 1 unspecified atom stereocenters. The maximum absolute atomic E-state index is 13.7. The third kappa shape index (κ3) is 5.39. The van der Waals surface area contributed by atoms with Crippen molar-refractivity contribution < 1.29 is 9.21 Å². The van der Waals surface area contributed by atoms with Gasteiger partial charge in [0.15, 0.2) is 0 Å². The fourth-order valence-corrected chi connectivity index (χ4v) is 5.59. The highest BCUT2D eigenvalue weighted by molar-refractivity contribution is 7.09. The number of nitrogens with two attached hydrogens (primary N) is 1. The van der Waals surface area contributed by atoms with Gasteiger partial charge in [-0.2, -0.15) is 0 Å². The van der Waals surface area contributed by atoms with Crippen molar-refractivity contribution in [1.29, 1.82) is 0 Å². The zero-order valence-electron chi connectivity index (χ0n) is 20.7. The van der Waals surface area contributed by atoms with E-state index in [0.29, 0.717) is 35.9 Å². The van der Waals surface area contributed by atoms with E-state index in [1.807, 2.05) is 78.7 Å². The summed E-state index contributed by atoms with van der Waals surface area (Å²) in [4.78, 5) is 20.3. The number of nitrogens with zero attached hydrogens (tertiary/aromatic N) is 4. The van der Waals surface area contributed by atoms with E-state index < -0.39 is 5.54 Å². The molecule has 0 aliphatic heterocycles. The molecule has 1 atom stereocenters. The van der Waals surface area contributed by atoms with Crippen LogP contribution in [0, 0.1) is 6.92 Å². The molecule has 0 saturated heterocycles. The van der Waals surface area contributed by atoms with Gasteiger partial charge in [-0.05, 0) is 56.9 Å². The normalized spacial score (nSPS) is 15.6. The summed E-state index contributed by atoms with van der Waals surface area (Å²) in [6.45, 7) is 4.40. The lowest BCUT2D eigenvalue weighted by Gasteiger charge is -2.28. The Morgan fingerprint density at radius 3 is 2.64 bits per heavy atom. The van der Waals surface area contributed by atoms with Crippen LogP contribution in [-0.4, -0.2) is 32.0 Å². The average Bonchev–Trinajstić information content (AvgIpc) is 3.65. The zero-order chi connectivity index (χ0) is 25.1. The second-order valence-corrected chi connectivity index (χ2v) is 10.8. The number of carbonyl (C=O) groups is 1. The van der Waals surface area contributed by atoms with Crippen molar-refractivity contribution in [1.82, 2.24) is 20.1 Å². The van der Waals surface area contributed by atoms with Gasteiger partial charge in [0.25, 0.3) is 5.91 Å². The monoisotopic (exact) mass is 501 g/mol. The van der Waals surface area contributed by atoms with Gasteiger partial charge in [-0.15, -0.1) is 21.5 Å². The van der Waals surface area contributed by atoms with Crippen LogP contribution in [0.15, 0.2) is 64.4 Å². The molecule has 0 bridgehead atoms. The highest BCUT2D eigenvalue weighted by atomic mass is 32.1. The molecule has 1 saturated carbocycles. The molecular weight excluding hydrogens is 470 g/mol. The molecule has 0 radical (unpaired) electrons. The molecular formula is C28H31N5O2S. The number of amides is 1. The Morgan fingerprint density at radius 1 is 1.14 bits per heavy atom. The zero-order valence-corrected chi connectivity index (χ0v) is 21.5. The van der Waals surface area contributed by atoms with Gasteiger partial charge in [0, 0.05) is 28.2 Å². The van der Waals surface area contributed by atoms with E-state index in [0.717, 1.165) is 41.9 Å². The van der Waals surface area contributed by atoms with Gasteiger partial charge in [0.2, 0.25) is 11.8 Å². The topological polar surface area (TPSA) is 98.1 Å². The molecule has 186 valence electrons. The van der Waals surface area contributed by atoms with Crippen LogP contribution >= 0.6 is 11.3 Å². The number of aromatic nitrogens is 3. The van der Waals surface area contributed by atoms with Crippen molar-refractivity contribution in [3.8, 4) is 11.5 Å². The first-order chi connectivity index (χ1) is 17.4. The molecule has 1 amide bonds. The van der Waals surface area contributed by atoms with Crippen molar-refractivity contribution in [2.24, 2.45) is 5.73 Å². The Labute approximate surface area is 215 Å². The maximum Gasteiger partial charge on any atom is 0.254 e. The number of hydrogen-bond donors (Lipinski definition) is 1. The fourth-order valence-electron chi connectivity index (χ4n) is 4.82. The number of benzene rings is 2. The summed E-state index contributed by atoms with van der Waals surface area (Å²) in [6, 6.07) is 17.7. The predicted molar refractivity (Wildman–Crippen MR) is 140 cm³/mol. The van der Waals surface area contributed by atoms with E-state index in [4.69, 9.17) is 10.2 Å². The lowest BCUT2D eigenvalue weighted by Crippen LogP contribution is -2.38. The number of rotatable bonds is 8. The van der Waals surface area contributed by atoms with Crippen LogP contribution in [0.1, 0.15) is 65.1 Å². The summed E-state index contributed by atoms with van der Waals surface area (Å²) in [6.07, 6.45) is 4.92. The first-order valence-electron chi connectivity index (χ1n) is 12.4. The SMILES string of the molecule is Cc1csc(CN(C(=O)c2cccc(-c3nnc(C(C)(N)Cc4ccccc4)o3)c2)C2CCCC2)n1. The highest BCUT2D eigenvalue weighted by Gasteiger charge is 2.30. The second kappa shape index (κ2) is 10.3. The molecule has 0 spiro atoms. The van der Waals surface area contributed by atoms with E-state index in [1.165, 1.54) is 0 Å². The van der Waals surface area contributed by atoms with Crippen LogP contribution in [0.4, 0.5) is 0 Å². The predicted octanol–water partition coefficient (Wildman–Crippen LogP) is 5.50. The van der Waals surface area contributed by atoms with Crippen molar-refractivity contribution in [3.63, 3.8) is 0 Å². The smallest absolute Gasteiger partial charge is 0.254 e. The lowest BCUT2D eigenvalue weighted by molar-refractivity contribution is 0.0664. The van der Waals surface area contributed by atoms with Crippen LogP contribution in [-0.2, 0) is 18.5 Å². The Bertz CT molecular complexity index is 1320. The number of aryl methyl sites for hydroxylation is 1. The number of hydrogen-bond acceptors (Lipinski definition) is 7. The lowest BCUT2D eigenvalue weighted by atomic mass is 9.94. The molecule has 2 aromatic heterocycles. The largest absolute Gasteiger partial charge is 0.419 e.